The summed E-state index contributed by atoms with van der Waals surface area (Å²) in [4.78, 5) is 26.8. The molecule has 33 heavy (non-hydrogen) atoms. The lowest BCUT2D eigenvalue weighted by Crippen LogP contribution is -2.33. The van der Waals surface area contributed by atoms with Crippen molar-refractivity contribution in [1.82, 2.24) is 4.90 Å². The number of carbonyl (C=O) groups excluding carboxylic acids is 2. The van der Waals surface area contributed by atoms with Crippen LogP contribution in [-0.4, -0.2) is 36.5 Å². The lowest BCUT2D eigenvalue weighted by Gasteiger charge is -2.23. The average Bonchev–Trinajstić information content (AvgIpc) is 2.84. The Morgan fingerprint density at radius 1 is 0.909 bits per heavy atom. The topological polar surface area (TPSA) is 55.8 Å². The molecule has 0 aliphatic heterocycles. The van der Waals surface area contributed by atoms with E-state index in [0.29, 0.717) is 35.5 Å². The molecule has 5 nitrogen and oxygen atoms in total. The molecule has 3 rings (SSSR count). The molecule has 0 unspecified atom stereocenters. The Morgan fingerprint density at radius 2 is 1.58 bits per heavy atom. The first-order valence-corrected chi connectivity index (χ1v) is 11.8. The monoisotopic (exact) mass is 509 g/mol. The Morgan fingerprint density at radius 3 is 2.21 bits per heavy atom. The quantitative estimate of drug-likeness (QED) is 0.312. The van der Waals surface area contributed by atoms with Gasteiger partial charge in [-0.2, -0.15) is 0 Å². The van der Waals surface area contributed by atoms with Gasteiger partial charge >= 0.3 is 5.97 Å². The van der Waals surface area contributed by atoms with Crippen molar-refractivity contribution in [2.45, 2.75) is 26.3 Å². The molecule has 0 fully saturated rings. The Kier molecular flexibility index (Phi) is 9.51. The van der Waals surface area contributed by atoms with E-state index >= 15 is 0 Å². The van der Waals surface area contributed by atoms with Gasteiger partial charge in [0, 0.05) is 25.1 Å². The van der Waals surface area contributed by atoms with Crippen molar-refractivity contribution in [3.8, 4) is 5.75 Å². The number of ether oxygens (including phenoxy) is 2. The van der Waals surface area contributed by atoms with Crippen LogP contribution in [0.5, 0.6) is 5.75 Å². The highest BCUT2D eigenvalue weighted by atomic mass is 79.9. The minimum atomic E-state index is -0.313. The summed E-state index contributed by atoms with van der Waals surface area (Å²) in [7, 11) is 0. The van der Waals surface area contributed by atoms with Crippen LogP contribution in [0.2, 0.25) is 0 Å². The number of esters is 1. The van der Waals surface area contributed by atoms with E-state index in [9.17, 15) is 9.59 Å². The van der Waals surface area contributed by atoms with Gasteiger partial charge in [-0.05, 0) is 52.2 Å². The number of hydrogen-bond donors (Lipinski definition) is 0. The van der Waals surface area contributed by atoms with Crippen molar-refractivity contribution < 1.29 is 19.1 Å². The minimum absolute atomic E-state index is 0.147. The van der Waals surface area contributed by atoms with Gasteiger partial charge in [-0.25, -0.2) is 0 Å². The van der Waals surface area contributed by atoms with Crippen molar-refractivity contribution >= 4 is 27.8 Å². The van der Waals surface area contributed by atoms with Gasteiger partial charge in [0.25, 0.3) is 5.91 Å². The van der Waals surface area contributed by atoms with E-state index in [0.717, 1.165) is 12.0 Å². The third-order valence-corrected chi connectivity index (χ3v) is 5.68. The van der Waals surface area contributed by atoms with Gasteiger partial charge < -0.3 is 14.4 Å². The number of rotatable bonds is 11. The molecule has 0 radical (unpaired) electrons. The Labute approximate surface area is 203 Å². The number of hydrogen-bond acceptors (Lipinski definition) is 4. The zero-order valence-corrected chi connectivity index (χ0v) is 20.3. The number of nitrogens with zero attached hydrogens (tertiary/aromatic N) is 1. The summed E-state index contributed by atoms with van der Waals surface area (Å²) in [5.74, 6) is 0.218. The van der Waals surface area contributed by atoms with Crippen LogP contribution in [0.4, 0.5) is 0 Å². The summed E-state index contributed by atoms with van der Waals surface area (Å²) < 4.78 is 11.7. The lowest BCUT2D eigenvalue weighted by atomic mass is 10.1. The molecule has 0 aromatic heterocycles. The highest BCUT2D eigenvalue weighted by molar-refractivity contribution is 9.10. The standard InChI is InChI=1S/C27H28BrNO4/c1-2-32-26(30)15-17-29(20-22-11-7-4-8-12-22)27(31)23-13-14-25(24(28)19-23)33-18-16-21-9-5-3-6-10-21/h3-14,19H,2,15-18,20H2,1H3. The molecule has 0 saturated heterocycles. The molecule has 0 bridgehead atoms. The highest BCUT2D eigenvalue weighted by Crippen LogP contribution is 2.27. The summed E-state index contributed by atoms with van der Waals surface area (Å²) in [6.45, 7) is 3.32. The van der Waals surface area contributed by atoms with Crippen molar-refractivity contribution in [2.24, 2.45) is 0 Å². The van der Waals surface area contributed by atoms with E-state index in [2.05, 4.69) is 28.1 Å². The van der Waals surface area contributed by atoms with E-state index in [4.69, 9.17) is 9.47 Å². The molecule has 3 aromatic carbocycles. The maximum Gasteiger partial charge on any atom is 0.307 e. The number of benzene rings is 3. The number of carbonyl (C=O) groups is 2. The highest BCUT2D eigenvalue weighted by Gasteiger charge is 2.19. The van der Waals surface area contributed by atoms with E-state index in [1.54, 1.807) is 30.0 Å². The zero-order chi connectivity index (χ0) is 23.5. The van der Waals surface area contributed by atoms with Gasteiger partial charge in [-0.3, -0.25) is 9.59 Å². The average molecular weight is 510 g/mol. The third kappa shape index (κ3) is 7.75. The SMILES string of the molecule is CCOC(=O)CCN(Cc1ccccc1)C(=O)c1ccc(OCCc2ccccc2)c(Br)c1. The molecule has 0 saturated carbocycles. The van der Waals surface area contributed by atoms with Crippen LogP contribution >= 0.6 is 15.9 Å². The second-order valence-corrected chi connectivity index (χ2v) is 8.35. The van der Waals surface area contributed by atoms with Gasteiger partial charge in [0.2, 0.25) is 0 Å². The molecular weight excluding hydrogens is 482 g/mol. The molecular formula is C27H28BrNO4. The summed E-state index contributed by atoms with van der Waals surface area (Å²) in [6.07, 6.45) is 0.945. The van der Waals surface area contributed by atoms with Crippen molar-refractivity contribution in [2.75, 3.05) is 19.8 Å². The Bertz CT molecular complexity index is 1040. The third-order valence-electron chi connectivity index (χ3n) is 5.06. The van der Waals surface area contributed by atoms with E-state index in [-0.39, 0.29) is 24.8 Å². The minimum Gasteiger partial charge on any atom is -0.492 e. The molecule has 0 heterocycles. The summed E-state index contributed by atoms with van der Waals surface area (Å²) >= 11 is 3.53. The maximum atomic E-state index is 13.3. The second kappa shape index (κ2) is 12.8. The molecule has 6 heteroatoms. The fourth-order valence-electron chi connectivity index (χ4n) is 3.37. The second-order valence-electron chi connectivity index (χ2n) is 7.50. The van der Waals surface area contributed by atoms with Crippen LogP contribution in [0.25, 0.3) is 0 Å². The predicted octanol–water partition coefficient (Wildman–Crippen LogP) is 5.67. The largest absolute Gasteiger partial charge is 0.492 e. The molecule has 0 atom stereocenters. The molecule has 0 spiro atoms. The lowest BCUT2D eigenvalue weighted by molar-refractivity contribution is -0.143. The maximum absolute atomic E-state index is 13.3. The van der Waals surface area contributed by atoms with E-state index in [1.807, 2.05) is 48.5 Å². The molecule has 0 aliphatic rings. The van der Waals surface area contributed by atoms with Crippen LogP contribution in [-0.2, 0) is 22.5 Å². The molecule has 1 amide bonds. The summed E-state index contributed by atoms with van der Waals surface area (Å²) in [6, 6.07) is 25.2. The smallest absolute Gasteiger partial charge is 0.307 e. The van der Waals surface area contributed by atoms with Gasteiger partial charge in [0.05, 0.1) is 24.1 Å². The first-order valence-electron chi connectivity index (χ1n) is 11.0. The van der Waals surface area contributed by atoms with Crippen molar-refractivity contribution in [1.29, 1.82) is 0 Å². The molecule has 0 aliphatic carbocycles. The molecule has 0 N–H and O–H groups in total. The van der Waals surface area contributed by atoms with Gasteiger partial charge in [-0.1, -0.05) is 60.7 Å². The van der Waals surface area contributed by atoms with Crippen molar-refractivity contribution in [3.63, 3.8) is 0 Å². The Balaban J connectivity index is 1.67. The van der Waals surface area contributed by atoms with Crippen LogP contribution < -0.4 is 4.74 Å². The zero-order valence-electron chi connectivity index (χ0n) is 18.7. The van der Waals surface area contributed by atoms with Crippen LogP contribution in [0.15, 0.2) is 83.3 Å². The summed E-state index contributed by atoms with van der Waals surface area (Å²) in [5, 5.41) is 0. The van der Waals surface area contributed by atoms with Crippen LogP contribution in [0, 0.1) is 0 Å². The van der Waals surface area contributed by atoms with Crippen LogP contribution in [0.3, 0.4) is 0 Å². The Hall–Kier alpha value is -3.12. The fourth-order valence-corrected chi connectivity index (χ4v) is 3.87. The van der Waals surface area contributed by atoms with Gasteiger partial charge in [-0.15, -0.1) is 0 Å². The molecule has 172 valence electrons. The normalized spacial score (nSPS) is 10.5. The van der Waals surface area contributed by atoms with Gasteiger partial charge in [0.15, 0.2) is 0 Å². The van der Waals surface area contributed by atoms with Gasteiger partial charge in [0.1, 0.15) is 5.75 Å². The van der Waals surface area contributed by atoms with E-state index < -0.39 is 0 Å². The summed E-state index contributed by atoms with van der Waals surface area (Å²) in [5.41, 5.74) is 2.73. The first kappa shape index (κ1) is 24.5. The number of amides is 1. The van der Waals surface area contributed by atoms with E-state index in [1.165, 1.54) is 5.56 Å². The van der Waals surface area contributed by atoms with Crippen molar-refractivity contribution in [3.05, 3.63) is 100 Å². The fraction of sp³-hybridized carbons (Fsp3) is 0.259. The predicted molar refractivity (Wildman–Crippen MR) is 132 cm³/mol. The first-order chi connectivity index (χ1) is 16.1. The molecule has 3 aromatic rings. The van der Waals surface area contributed by atoms with Crippen LogP contribution in [0.1, 0.15) is 34.8 Å². The number of halogens is 1.